The number of benzene rings is 1. The van der Waals surface area contributed by atoms with Gasteiger partial charge in [-0.3, -0.25) is 9.78 Å². The van der Waals surface area contributed by atoms with E-state index in [1.54, 1.807) is 18.3 Å². The second-order valence-corrected chi connectivity index (χ2v) is 5.02. The summed E-state index contributed by atoms with van der Waals surface area (Å²) >= 11 is 0. The maximum absolute atomic E-state index is 12.2. The smallest absolute Gasteiger partial charge is 0.351 e. The van der Waals surface area contributed by atoms with Crippen molar-refractivity contribution in [1.82, 2.24) is 4.98 Å². The number of ketones is 1. The Morgan fingerprint density at radius 2 is 2.04 bits per heavy atom. The number of hydrogen-bond acceptors (Lipinski definition) is 5. The van der Waals surface area contributed by atoms with Gasteiger partial charge in [0.15, 0.2) is 5.78 Å². The minimum atomic E-state index is -0.850. The number of allylic oxidation sites excluding steroid dienone is 1. The molecule has 3 rings (SSSR count). The summed E-state index contributed by atoms with van der Waals surface area (Å²) in [5.41, 5.74) is 0.377. The van der Waals surface area contributed by atoms with Crippen molar-refractivity contribution >= 4 is 22.8 Å². The van der Waals surface area contributed by atoms with Gasteiger partial charge in [0.05, 0.1) is 5.52 Å². The Balaban J connectivity index is 2.00. The molecular formula is C18H13NO4. The molecule has 0 aliphatic heterocycles. The third-order valence-corrected chi connectivity index (χ3v) is 3.40. The molecule has 0 saturated heterocycles. The van der Waals surface area contributed by atoms with Crippen LogP contribution in [0.2, 0.25) is 0 Å². The van der Waals surface area contributed by atoms with Crippen LogP contribution in [0, 0.1) is 6.92 Å². The van der Waals surface area contributed by atoms with Crippen molar-refractivity contribution in [3.8, 4) is 5.75 Å². The molecule has 1 aromatic carbocycles. The van der Waals surface area contributed by atoms with E-state index < -0.39 is 11.4 Å². The highest BCUT2D eigenvalue weighted by atomic mass is 16.4. The number of aromatic nitrogens is 1. The van der Waals surface area contributed by atoms with Gasteiger partial charge < -0.3 is 9.52 Å². The molecule has 5 nitrogen and oxygen atoms in total. The molecule has 0 fully saturated rings. The number of aromatic hydroxyl groups is 1. The molecular weight excluding hydrogens is 294 g/mol. The van der Waals surface area contributed by atoms with Crippen molar-refractivity contribution in [2.24, 2.45) is 0 Å². The van der Waals surface area contributed by atoms with E-state index in [1.165, 1.54) is 19.1 Å². The maximum Gasteiger partial charge on any atom is 0.351 e. The number of hydrogen-bond donors (Lipinski definition) is 1. The molecule has 0 spiro atoms. The van der Waals surface area contributed by atoms with Crippen molar-refractivity contribution < 1.29 is 14.3 Å². The summed E-state index contributed by atoms with van der Waals surface area (Å²) in [4.78, 5) is 28.2. The average Bonchev–Trinajstić information content (AvgIpc) is 2.52. The lowest BCUT2D eigenvalue weighted by atomic mass is 10.1. The van der Waals surface area contributed by atoms with Gasteiger partial charge in [-0.1, -0.05) is 24.3 Å². The van der Waals surface area contributed by atoms with Crippen LogP contribution in [0.1, 0.15) is 21.7 Å². The van der Waals surface area contributed by atoms with E-state index in [-0.39, 0.29) is 17.1 Å². The van der Waals surface area contributed by atoms with E-state index >= 15 is 0 Å². The number of nitrogens with zero attached hydrogens (tertiary/aromatic N) is 1. The average molecular weight is 307 g/mol. The summed E-state index contributed by atoms with van der Waals surface area (Å²) in [7, 11) is 0. The fourth-order valence-electron chi connectivity index (χ4n) is 2.33. The summed E-state index contributed by atoms with van der Waals surface area (Å²) in [5.74, 6) is -0.752. The third-order valence-electron chi connectivity index (χ3n) is 3.40. The van der Waals surface area contributed by atoms with E-state index in [0.29, 0.717) is 0 Å². The van der Waals surface area contributed by atoms with Crippen molar-refractivity contribution in [3.05, 3.63) is 76.0 Å². The van der Waals surface area contributed by atoms with Gasteiger partial charge in [0.1, 0.15) is 17.1 Å². The topological polar surface area (TPSA) is 80.4 Å². The van der Waals surface area contributed by atoms with Crippen molar-refractivity contribution in [3.63, 3.8) is 0 Å². The largest absolute Gasteiger partial charge is 0.507 e. The van der Waals surface area contributed by atoms with Crippen LogP contribution in [-0.2, 0) is 0 Å². The zero-order valence-corrected chi connectivity index (χ0v) is 12.3. The number of carbonyl (C=O) groups excluding carboxylic acids is 1. The van der Waals surface area contributed by atoms with E-state index in [9.17, 15) is 14.7 Å². The van der Waals surface area contributed by atoms with Gasteiger partial charge in [-0.25, -0.2) is 4.79 Å². The van der Waals surface area contributed by atoms with Gasteiger partial charge in [-0.15, -0.1) is 0 Å². The standard InChI is InChI=1S/C18H13NO4/c1-11-10-16(21)17(18(22)23-11)15(20)7-6-12-8-9-19-14-5-3-2-4-13(12)14/h2-10,21H,1H3. The van der Waals surface area contributed by atoms with Gasteiger partial charge in [0.2, 0.25) is 0 Å². The number of fused-ring (bicyclic) bond motifs is 1. The molecule has 1 N–H and O–H groups in total. The monoisotopic (exact) mass is 307 g/mol. The quantitative estimate of drug-likeness (QED) is 0.594. The van der Waals surface area contributed by atoms with Crippen molar-refractivity contribution in [2.45, 2.75) is 6.92 Å². The Bertz CT molecular complexity index is 980. The lowest BCUT2D eigenvalue weighted by Gasteiger charge is -2.02. The Morgan fingerprint density at radius 3 is 2.83 bits per heavy atom. The third kappa shape index (κ3) is 2.89. The molecule has 23 heavy (non-hydrogen) atoms. The van der Waals surface area contributed by atoms with Crippen LogP contribution in [0.5, 0.6) is 5.75 Å². The van der Waals surface area contributed by atoms with Crippen molar-refractivity contribution in [1.29, 1.82) is 0 Å². The van der Waals surface area contributed by atoms with E-state index in [1.807, 2.05) is 24.3 Å². The zero-order valence-electron chi connectivity index (χ0n) is 12.3. The predicted molar refractivity (Wildman–Crippen MR) is 86.5 cm³/mol. The lowest BCUT2D eigenvalue weighted by Crippen LogP contribution is -2.12. The Hall–Kier alpha value is -3.21. The highest BCUT2D eigenvalue weighted by molar-refractivity contribution is 6.09. The zero-order chi connectivity index (χ0) is 16.4. The first-order valence-electron chi connectivity index (χ1n) is 6.96. The number of aryl methyl sites for hydroxylation is 1. The summed E-state index contributed by atoms with van der Waals surface area (Å²) in [6, 6.07) is 10.5. The molecule has 5 heteroatoms. The first-order chi connectivity index (χ1) is 11.1. The van der Waals surface area contributed by atoms with E-state index in [0.717, 1.165) is 16.5 Å². The number of carbonyl (C=O) groups is 1. The molecule has 0 bridgehead atoms. The molecule has 114 valence electrons. The molecule has 0 saturated carbocycles. The minimum absolute atomic E-state index is 0.244. The normalized spacial score (nSPS) is 11.2. The summed E-state index contributed by atoms with van der Waals surface area (Å²) in [6.45, 7) is 1.52. The van der Waals surface area contributed by atoms with E-state index in [2.05, 4.69) is 4.98 Å². The summed E-state index contributed by atoms with van der Waals surface area (Å²) < 4.78 is 4.85. The van der Waals surface area contributed by atoms with Gasteiger partial charge in [0, 0.05) is 17.6 Å². The first-order valence-corrected chi connectivity index (χ1v) is 6.96. The predicted octanol–water partition coefficient (Wildman–Crippen LogP) is 3.10. The van der Waals surface area contributed by atoms with Gasteiger partial charge >= 0.3 is 5.63 Å². The van der Waals surface area contributed by atoms with Crippen LogP contribution >= 0.6 is 0 Å². The fraction of sp³-hybridized carbons (Fsp3) is 0.0556. The van der Waals surface area contributed by atoms with Crippen LogP contribution in [0.4, 0.5) is 0 Å². The number of para-hydroxylation sites is 1. The first kappa shape index (κ1) is 14.7. The molecule has 0 unspecified atom stereocenters. The molecule has 3 aromatic rings. The molecule has 2 aromatic heterocycles. The van der Waals surface area contributed by atoms with Crippen LogP contribution in [-0.4, -0.2) is 15.9 Å². The molecule has 0 radical (unpaired) electrons. The summed E-state index contributed by atoms with van der Waals surface area (Å²) in [6.07, 6.45) is 4.47. The Morgan fingerprint density at radius 1 is 1.26 bits per heavy atom. The number of rotatable bonds is 3. The molecule has 0 aliphatic rings. The maximum atomic E-state index is 12.2. The second-order valence-electron chi connectivity index (χ2n) is 5.02. The van der Waals surface area contributed by atoms with Crippen LogP contribution in [0.15, 0.2) is 57.9 Å². The Kier molecular flexibility index (Phi) is 3.76. The highest BCUT2D eigenvalue weighted by Crippen LogP contribution is 2.19. The fourth-order valence-corrected chi connectivity index (χ4v) is 2.33. The Labute approximate surface area is 131 Å². The SMILES string of the molecule is Cc1cc(O)c(C(=O)C=Cc2ccnc3ccccc23)c(=O)o1. The minimum Gasteiger partial charge on any atom is -0.507 e. The van der Waals surface area contributed by atoms with E-state index in [4.69, 9.17) is 4.42 Å². The van der Waals surface area contributed by atoms with Crippen LogP contribution in [0.25, 0.3) is 17.0 Å². The molecule has 0 atom stereocenters. The van der Waals surface area contributed by atoms with Crippen molar-refractivity contribution in [2.75, 3.05) is 0 Å². The molecule has 2 heterocycles. The molecule has 0 amide bonds. The van der Waals surface area contributed by atoms with Gasteiger partial charge in [-0.05, 0) is 30.7 Å². The number of pyridine rings is 1. The second kappa shape index (κ2) is 5.88. The lowest BCUT2D eigenvalue weighted by molar-refractivity contribution is 0.104. The van der Waals surface area contributed by atoms with Crippen LogP contribution in [0.3, 0.4) is 0 Å². The van der Waals surface area contributed by atoms with Crippen LogP contribution < -0.4 is 5.63 Å². The molecule has 0 aliphatic carbocycles. The highest BCUT2D eigenvalue weighted by Gasteiger charge is 2.15. The summed E-state index contributed by atoms with van der Waals surface area (Å²) in [5, 5.41) is 10.7. The van der Waals surface area contributed by atoms with Gasteiger partial charge in [0.25, 0.3) is 0 Å². The van der Waals surface area contributed by atoms with Gasteiger partial charge in [-0.2, -0.15) is 0 Å².